The average Bonchev–Trinajstić information content (AvgIpc) is 2.34. The summed E-state index contributed by atoms with van der Waals surface area (Å²) in [5.41, 5.74) is 6.58. The summed E-state index contributed by atoms with van der Waals surface area (Å²) in [4.78, 5) is 11.9. The lowest BCUT2D eigenvalue weighted by molar-refractivity contribution is -0.124. The molecule has 1 rings (SSSR count). The van der Waals surface area contributed by atoms with Crippen molar-refractivity contribution in [1.29, 1.82) is 0 Å². The summed E-state index contributed by atoms with van der Waals surface area (Å²) in [6.07, 6.45) is 0. The van der Waals surface area contributed by atoms with Crippen molar-refractivity contribution in [3.63, 3.8) is 0 Å². The number of carbonyl (C=O) groups excluding carboxylic acids is 1. The van der Waals surface area contributed by atoms with E-state index in [1.54, 1.807) is 7.11 Å². The van der Waals surface area contributed by atoms with Crippen LogP contribution in [0.15, 0.2) is 24.3 Å². The molecular weight excluding hydrogens is 264 g/mol. The van der Waals surface area contributed by atoms with E-state index >= 15 is 0 Å². The number of hydrogen-bond acceptors (Lipinski definition) is 3. The number of benzene rings is 1. The van der Waals surface area contributed by atoms with Gasteiger partial charge in [-0.25, -0.2) is 0 Å². The summed E-state index contributed by atoms with van der Waals surface area (Å²) < 4.78 is 5.22. The molecule has 0 aliphatic carbocycles. The van der Waals surface area contributed by atoms with E-state index in [0.29, 0.717) is 6.54 Å². The summed E-state index contributed by atoms with van der Waals surface area (Å²) in [7, 11) is 1.61. The maximum Gasteiger partial charge on any atom is 0.237 e. The molecule has 0 radical (unpaired) electrons. The number of ether oxygens (including phenoxy) is 1. The van der Waals surface area contributed by atoms with Gasteiger partial charge in [0.2, 0.25) is 5.91 Å². The summed E-state index contributed by atoms with van der Waals surface area (Å²) in [6.45, 7) is 6.26. The highest BCUT2D eigenvalue weighted by Crippen LogP contribution is 2.19. The van der Waals surface area contributed by atoms with Crippen LogP contribution in [0, 0.1) is 5.41 Å². The average molecular weight is 287 g/mol. The van der Waals surface area contributed by atoms with E-state index in [1.165, 1.54) is 0 Å². The van der Waals surface area contributed by atoms with Gasteiger partial charge < -0.3 is 15.8 Å². The largest absolute Gasteiger partial charge is 0.496 e. The van der Waals surface area contributed by atoms with Gasteiger partial charge in [0.25, 0.3) is 0 Å². The van der Waals surface area contributed by atoms with Crippen molar-refractivity contribution >= 4 is 18.3 Å². The van der Waals surface area contributed by atoms with Gasteiger partial charge in [0, 0.05) is 12.1 Å². The van der Waals surface area contributed by atoms with Gasteiger partial charge in [0.1, 0.15) is 5.75 Å². The van der Waals surface area contributed by atoms with Gasteiger partial charge in [-0.15, -0.1) is 12.4 Å². The molecule has 0 heterocycles. The minimum Gasteiger partial charge on any atom is -0.496 e. The monoisotopic (exact) mass is 286 g/mol. The smallest absolute Gasteiger partial charge is 0.237 e. The first-order chi connectivity index (χ1) is 8.36. The zero-order valence-corrected chi connectivity index (χ0v) is 12.7. The Balaban J connectivity index is 0.00000324. The van der Waals surface area contributed by atoms with Crippen LogP contribution in [0.2, 0.25) is 0 Å². The van der Waals surface area contributed by atoms with Crippen molar-refractivity contribution in [3.8, 4) is 5.75 Å². The molecule has 4 nitrogen and oxygen atoms in total. The maximum atomic E-state index is 11.9. The normalized spacial score (nSPS) is 12.3. The summed E-state index contributed by atoms with van der Waals surface area (Å²) in [5, 5.41) is 2.84. The molecule has 108 valence electrons. The molecule has 0 fully saturated rings. The lowest BCUT2D eigenvalue weighted by Crippen LogP contribution is -2.48. The Bertz CT molecular complexity index is 416. The van der Waals surface area contributed by atoms with Crippen LogP contribution in [-0.4, -0.2) is 19.1 Å². The van der Waals surface area contributed by atoms with Gasteiger partial charge in [-0.05, 0) is 11.5 Å². The predicted molar refractivity (Wildman–Crippen MR) is 79.5 cm³/mol. The van der Waals surface area contributed by atoms with Crippen molar-refractivity contribution < 1.29 is 9.53 Å². The number of nitrogens with two attached hydrogens (primary N) is 1. The molecule has 0 aromatic heterocycles. The van der Waals surface area contributed by atoms with Crippen molar-refractivity contribution in [2.75, 3.05) is 7.11 Å². The van der Waals surface area contributed by atoms with E-state index in [2.05, 4.69) is 5.32 Å². The van der Waals surface area contributed by atoms with Crippen LogP contribution in [0.1, 0.15) is 26.3 Å². The number of nitrogens with one attached hydrogen (secondary N) is 1. The lowest BCUT2D eigenvalue weighted by Gasteiger charge is -2.25. The van der Waals surface area contributed by atoms with Crippen LogP contribution in [-0.2, 0) is 11.3 Å². The Morgan fingerprint density at radius 3 is 2.47 bits per heavy atom. The van der Waals surface area contributed by atoms with Crippen LogP contribution >= 0.6 is 12.4 Å². The third-order valence-electron chi connectivity index (χ3n) is 2.86. The van der Waals surface area contributed by atoms with Gasteiger partial charge in [-0.1, -0.05) is 39.0 Å². The Morgan fingerprint density at radius 2 is 1.95 bits per heavy atom. The van der Waals surface area contributed by atoms with E-state index in [-0.39, 0.29) is 23.7 Å². The lowest BCUT2D eigenvalue weighted by atomic mass is 9.87. The van der Waals surface area contributed by atoms with Gasteiger partial charge in [-0.2, -0.15) is 0 Å². The highest BCUT2D eigenvalue weighted by Gasteiger charge is 2.27. The second kappa shape index (κ2) is 7.36. The molecule has 0 aliphatic rings. The molecule has 1 amide bonds. The number of rotatable bonds is 4. The van der Waals surface area contributed by atoms with Gasteiger partial charge >= 0.3 is 0 Å². The number of carbonyl (C=O) groups is 1. The number of para-hydroxylation sites is 1. The van der Waals surface area contributed by atoms with Crippen molar-refractivity contribution in [2.45, 2.75) is 33.4 Å². The van der Waals surface area contributed by atoms with Crippen LogP contribution in [0.4, 0.5) is 0 Å². The molecule has 0 unspecified atom stereocenters. The highest BCUT2D eigenvalue weighted by molar-refractivity contribution is 5.85. The van der Waals surface area contributed by atoms with Crippen molar-refractivity contribution in [3.05, 3.63) is 29.8 Å². The Hall–Kier alpha value is -1.26. The van der Waals surface area contributed by atoms with Crippen molar-refractivity contribution in [2.24, 2.45) is 11.1 Å². The molecule has 0 aliphatic heterocycles. The highest BCUT2D eigenvalue weighted by atomic mass is 35.5. The topological polar surface area (TPSA) is 64.3 Å². The molecular formula is C14H23ClN2O2. The van der Waals surface area contributed by atoms with E-state index in [4.69, 9.17) is 10.5 Å². The minimum atomic E-state index is -0.521. The number of methoxy groups -OCH3 is 1. The van der Waals surface area contributed by atoms with Crippen molar-refractivity contribution in [1.82, 2.24) is 5.32 Å². The first-order valence-corrected chi connectivity index (χ1v) is 6.01. The molecule has 1 aromatic carbocycles. The fourth-order valence-electron chi connectivity index (χ4n) is 1.53. The van der Waals surface area contributed by atoms with Crippen LogP contribution in [0.3, 0.4) is 0 Å². The number of halogens is 1. The van der Waals surface area contributed by atoms with E-state index in [0.717, 1.165) is 11.3 Å². The third-order valence-corrected chi connectivity index (χ3v) is 2.86. The summed E-state index contributed by atoms with van der Waals surface area (Å²) in [5.74, 6) is 0.621. The first-order valence-electron chi connectivity index (χ1n) is 6.01. The van der Waals surface area contributed by atoms with Crippen LogP contribution in [0.5, 0.6) is 5.75 Å². The Morgan fingerprint density at radius 1 is 1.37 bits per heavy atom. The third kappa shape index (κ3) is 5.09. The fraction of sp³-hybridized carbons (Fsp3) is 0.500. The molecule has 0 bridgehead atoms. The standard InChI is InChI=1S/C14H22N2O2.ClH/c1-14(2,3)12(15)13(17)16-9-10-7-5-6-8-11(10)18-4;/h5-8,12H,9,15H2,1-4H3,(H,16,17);1H/t12-;/m1./s1. The second-order valence-corrected chi connectivity index (χ2v) is 5.37. The summed E-state index contributed by atoms with van der Waals surface area (Å²) >= 11 is 0. The zero-order valence-electron chi connectivity index (χ0n) is 11.9. The molecule has 3 N–H and O–H groups in total. The molecule has 5 heteroatoms. The molecule has 19 heavy (non-hydrogen) atoms. The molecule has 1 aromatic rings. The van der Waals surface area contributed by atoms with Crippen LogP contribution < -0.4 is 15.8 Å². The zero-order chi connectivity index (χ0) is 13.8. The van der Waals surface area contributed by atoms with Gasteiger partial charge in [-0.3, -0.25) is 4.79 Å². The molecule has 0 saturated carbocycles. The predicted octanol–water partition coefficient (Wildman–Crippen LogP) is 2.11. The number of amides is 1. The van der Waals surface area contributed by atoms with E-state index in [9.17, 15) is 4.79 Å². The maximum absolute atomic E-state index is 11.9. The SMILES string of the molecule is COc1ccccc1CNC(=O)[C@@H](N)C(C)(C)C.Cl. The molecule has 0 spiro atoms. The van der Waals surface area contributed by atoms with Gasteiger partial charge in [0.15, 0.2) is 0 Å². The fourth-order valence-corrected chi connectivity index (χ4v) is 1.53. The Labute approximate surface area is 121 Å². The van der Waals surface area contributed by atoms with E-state index < -0.39 is 6.04 Å². The quantitative estimate of drug-likeness (QED) is 0.891. The minimum absolute atomic E-state index is 0. The van der Waals surface area contributed by atoms with Crippen LogP contribution in [0.25, 0.3) is 0 Å². The molecule has 0 saturated heterocycles. The summed E-state index contributed by atoms with van der Waals surface area (Å²) in [6, 6.07) is 7.07. The molecule has 1 atom stereocenters. The van der Waals surface area contributed by atoms with E-state index in [1.807, 2.05) is 45.0 Å². The Kier molecular flexibility index (Phi) is 6.87. The number of hydrogen-bond donors (Lipinski definition) is 2. The second-order valence-electron chi connectivity index (χ2n) is 5.37. The first kappa shape index (κ1) is 17.7. The van der Waals surface area contributed by atoms with Gasteiger partial charge in [0.05, 0.1) is 13.2 Å².